The first-order valence-corrected chi connectivity index (χ1v) is 5.88. The molecular weight excluding hydrogens is 262 g/mol. The van der Waals surface area contributed by atoms with Gasteiger partial charge in [-0.1, -0.05) is 12.1 Å². The molecule has 0 fully saturated rings. The maximum atomic E-state index is 11.4. The van der Waals surface area contributed by atoms with Gasteiger partial charge in [0.1, 0.15) is 18.4 Å². The van der Waals surface area contributed by atoms with Crippen molar-refractivity contribution in [1.29, 1.82) is 5.26 Å². The van der Waals surface area contributed by atoms with E-state index in [2.05, 4.69) is 5.32 Å². The number of primary amides is 1. The number of nitrogens with one attached hydrogen (secondary N) is 1. The highest BCUT2D eigenvalue weighted by Gasteiger charge is 2.05. The van der Waals surface area contributed by atoms with Crippen molar-refractivity contribution < 1.29 is 19.1 Å². The van der Waals surface area contributed by atoms with Gasteiger partial charge < -0.3 is 20.5 Å². The standard InChI is InChI=1S/C13H15N3O4/c14-7-10-3-1-2-4-11(10)20-9-13(18)16-5-6-19-8-12(15)17/h1-4H,5-6,8-9H2,(H2,15,17)(H,16,18). The number of carbonyl (C=O) groups excluding carboxylic acids is 2. The van der Waals surface area contributed by atoms with E-state index in [1.54, 1.807) is 24.3 Å². The lowest BCUT2D eigenvalue weighted by Gasteiger charge is -2.08. The van der Waals surface area contributed by atoms with Crippen molar-refractivity contribution >= 4 is 11.8 Å². The summed E-state index contributed by atoms with van der Waals surface area (Å²) in [6, 6.07) is 8.61. The Labute approximate surface area is 116 Å². The SMILES string of the molecule is N#Cc1ccccc1OCC(=O)NCCOCC(N)=O. The second kappa shape index (κ2) is 8.50. The first-order chi connectivity index (χ1) is 9.63. The number of benzene rings is 1. The Bertz CT molecular complexity index is 511. The highest BCUT2D eigenvalue weighted by atomic mass is 16.5. The Morgan fingerprint density at radius 3 is 2.75 bits per heavy atom. The zero-order chi connectivity index (χ0) is 14.8. The molecule has 0 heterocycles. The monoisotopic (exact) mass is 277 g/mol. The van der Waals surface area contributed by atoms with Gasteiger partial charge in [0, 0.05) is 6.54 Å². The van der Waals surface area contributed by atoms with Crippen LogP contribution in [0.2, 0.25) is 0 Å². The van der Waals surface area contributed by atoms with Crippen LogP contribution in [0.4, 0.5) is 0 Å². The maximum Gasteiger partial charge on any atom is 0.258 e. The number of hydrogen-bond acceptors (Lipinski definition) is 5. The number of amides is 2. The second-order valence-corrected chi connectivity index (χ2v) is 3.77. The molecule has 7 nitrogen and oxygen atoms in total. The van der Waals surface area contributed by atoms with E-state index in [9.17, 15) is 9.59 Å². The van der Waals surface area contributed by atoms with E-state index >= 15 is 0 Å². The summed E-state index contributed by atoms with van der Waals surface area (Å²) in [5.41, 5.74) is 5.24. The molecule has 0 aliphatic rings. The quantitative estimate of drug-likeness (QED) is 0.625. The van der Waals surface area contributed by atoms with E-state index in [1.807, 2.05) is 6.07 Å². The van der Waals surface area contributed by atoms with Gasteiger partial charge in [0.2, 0.25) is 5.91 Å². The molecule has 0 aromatic heterocycles. The number of nitrogens with two attached hydrogens (primary N) is 1. The number of ether oxygens (including phenoxy) is 2. The van der Waals surface area contributed by atoms with Crippen molar-refractivity contribution in [3.8, 4) is 11.8 Å². The van der Waals surface area contributed by atoms with E-state index in [0.29, 0.717) is 11.3 Å². The molecule has 0 spiro atoms. The lowest BCUT2D eigenvalue weighted by molar-refractivity contribution is -0.123. The summed E-state index contributed by atoms with van der Waals surface area (Å²) in [4.78, 5) is 21.8. The Morgan fingerprint density at radius 1 is 1.30 bits per heavy atom. The number of nitriles is 1. The Morgan fingerprint density at radius 2 is 2.05 bits per heavy atom. The molecular formula is C13H15N3O4. The van der Waals surface area contributed by atoms with E-state index in [-0.39, 0.29) is 32.3 Å². The third kappa shape index (κ3) is 5.84. The zero-order valence-corrected chi connectivity index (χ0v) is 10.8. The molecule has 0 atom stereocenters. The van der Waals surface area contributed by atoms with Crippen molar-refractivity contribution in [3.05, 3.63) is 29.8 Å². The summed E-state index contributed by atoms with van der Waals surface area (Å²) in [6.07, 6.45) is 0. The largest absolute Gasteiger partial charge is 0.482 e. The van der Waals surface area contributed by atoms with Gasteiger partial charge in [0.05, 0.1) is 12.2 Å². The van der Waals surface area contributed by atoms with Crippen molar-refractivity contribution in [1.82, 2.24) is 5.32 Å². The average molecular weight is 277 g/mol. The molecule has 1 aromatic rings. The summed E-state index contributed by atoms with van der Waals surface area (Å²) >= 11 is 0. The summed E-state index contributed by atoms with van der Waals surface area (Å²) in [5, 5.41) is 11.4. The van der Waals surface area contributed by atoms with Crippen LogP contribution in [-0.4, -0.2) is 38.2 Å². The number of hydrogen-bond donors (Lipinski definition) is 2. The van der Waals surface area contributed by atoms with Crippen LogP contribution < -0.4 is 15.8 Å². The van der Waals surface area contributed by atoms with Crippen LogP contribution in [0.1, 0.15) is 5.56 Å². The van der Waals surface area contributed by atoms with Gasteiger partial charge in [0.25, 0.3) is 5.91 Å². The zero-order valence-electron chi connectivity index (χ0n) is 10.8. The molecule has 0 saturated heterocycles. The lowest BCUT2D eigenvalue weighted by atomic mass is 10.2. The molecule has 20 heavy (non-hydrogen) atoms. The van der Waals surface area contributed by atoms with Crippen LogP contribution >= 0.6 is 0 Å². The minimum atomic E-state index is -0.562. The Hall–Kier alpha value is -2.59. The van der Waals surface area contributed by atoms with E-state index in [4.69, 9.17) is 20.5 Å². The van der Waals surface area contributed by atoms with Gasteiger partial charge in [-0.2, -0.15) is 5.26 Å². The molecule has 0 aliphatic carbocycles. The van der Waals surface area contributed by atoms with Crippen molar-refractivity contribution in [2.75, 3.05) is 26.4 Å². The van der Waals surface area contributed by atoms with Crippen LogP contribution in [-0.2, 0) is 14.3 Å². The average Bonchev–Trinajstić information content (AvgIpc) is 2.44. The summed E-state index contributed by atoms with van der Waals surface area (Å²) in [5.74, 6) is -0.552. The Kier molecular flexibility index (Phi) is 6.57. The molecule has 1 aromatic carbocycles. The fourth-order valence-electron chi connectivity index (χ4n) is 1.31. The molecule has 0 bridgehead atoms. The normalized spacial score (nSPS) is 9.55. The number of para-hydroxylation sites is 1. The van der Waals surface area contributed by atoms with Gasteiger partial charge in [-0.3, -0.25) is 9.59 Å². The third-order valence-electron chi connectivity index (χ3n) is 2.18. The topological polar surface area (TPSA) is 114 Å². The highest BCUT2D eigenvalue weighted by Crippen LogP contribution is 2.15. The van der Waals surface area contributed by atoms with Crippen molar-refractivity contribution in [2.45, 2.75) is 0 Å². The van der Waals surface area contributed by atoms with Crippen LogP contribution in [0, 0.1) is 11.3 Å². The molecule has 106 valence electrons. The predicted molar refractivity (Wildman–Crippen MR) is 69.7 cm³/mol. The van der Waals surface area contributed by atoms with Gasteiger partial charge >= 0.3 is 0 Å². The molecule has 1 rings (SSSR count). The summed E-state index contributed by atoms with van der Waals surface area (Å²) in [6.45, 7) is 0.0509. The van der Waals surface area contributed by atoms with Gasteiger partial charge in [0.15, 0.2) is 6.61 Å². The van der Waals surface area contributed by atoms with Crippen molar-refractivity contribution in [2.24, 2.45) is 5.73 Å². The van der Waals surface area contributed by atoms with Crippen LogP contribution in [0.15, 0.2) is 24.3 Å². The maximum absolute atomic E-state index is 11.4. The minimum absolute atomic E-state index is 0.179. The van der Waals surface area contributed by atoms with Gasteiger partial charge in [-0.25, -0.2) is 0 Å². The summed E-state index contributed by atoms with van der Waals surface area (Å²) < 4.78 is 10.1. The summed E-state index contributed by atoms with van der Waals surface area (Å²) in [7, 11) is 0. The molecule has 0 unspecified atom stereocenters. The molecule has 0 aliphatic heterocycles. The molecule has 3 N–H and O–H groups in total. The van der Waals surface area contributed by atoms with Crippen LogP contribution in [0.3, 0.4) is 0 Å². The molecule has 0 radical (unpaired) electrons. The lowest BCUT2D eigenvalue weighted by Crippen LogP contribution is -2.32. The smallest absolute Gasteiger partial charge is 0.258 e. The molecule has 7 heteroatoms. The van der Waals surface area contributed by atoms with Gasteiger partial charge in [-0.05, 0) is 12.1 Å². The number of carbonyl (C=O) groups is 2. The van der Waals surface area contributed by atoms with Crippen molar-refractivity contribution in [3.63, 3.8) is 0 Å². The van der Waals surface area contributed by atoms with Gasteiger partial charge in [-0.15, -0.1) is 0 Å². The van der Waals surface area contributed by atoms with E-state index in [1.165, 1.54) is 0 Å². The third-order valence-corrected chi connectivity index (χ3v) is 2.18. The van der Waals surface area contributed by atoms with Crippen LogP contribution in [0.5, 0.6) is 5.75 Å². The predicted octanol–water partition coefficient (Wildman–Crippen LogP) is -0.445. The Balaban J connectivity index is 2.23. The number of nitrogens with zero attached hydrogens (tertiary/aromatic N) is 1. The highest BCUT2D eigenvalue weighted by molar-refractivity contribution is 5.77. The van der Waals surface area contributed by atoms with E-state index in [0.717, 1.165) is 0 Å². The van der Waals surface area contributed by atoms with E-state index < -0.39 is 5.91 Å². The first kappa shape index (κ1) is 15.5. The number of rotatable bonds is 8. The molecule has 2 amide bonds. The minimum Gasteiger partial charge on any atom is -0.482 e. The fourth-order valence-corrected chi connectivity index (χ4v) is 1.31. The second-order valence-electron chi connectivity index (χ2n) is 3.77. The fraction of sp³-hybridized carbons (Fsp3) is 0.308. The first-order valence-electron chi connectivity index (χ1n) is 5.88. The van der Waals surface area contributed by atoms with Crippen LogP contribution in [0.25, 0.3) is 0 Å². The molecule has 0 saturated carbocycles.